The van der Waals surface area contributed by atoms with E-state index in [0.717, 1.165) is 65.9 Å². The number of ketones is 2. The zero-order chi connectivity index (χ0) is 30.5. The number of piperidine rings is 1. The minimum absolute atomic E-state index is 0.0483. The predicted molar refractivity (Wildman–Crippen MR) is 170 cm³/mol. The van der Waals surface area contributed by atoms with E-state index in [2.05, 4.69) is 45.6 Å². The first-order valence-corrected chi connectivity index (χ1v) is 16.5. The van der Waals surface area contributed by atoms with Crippen molar-refractivity contribution < 1.29 is 19.1 Å². The molecule has 0 aromatic carbocycles. The normalized spacial score (nSPS) is 19.6. The number of anilines is 1. The zero-order valence-corrected chi connectivity index (χ0v) is 27.7. The van der Waals surface area contributed by atoms with Gasteiger partial charge >= 0.3 is 6.09 Å². The Labute approximate surface area is 252 Å². The molecule has 41 heavy (non-hydrogen) atoms. The Hall–Kier alpha value is -2.41. The average molecular weight is 585 g/mol. The van der Waals surface area contributed by atoms with Gasteiger partial charge in [-0.25, -0.2) is 4.79 Å². The Morgan fingerprint density at radius 3 is 2.34 bits per heavy atom. The molecular weight excluding hydrogens is 532 g/mol. The fourth-order valence-corrected chi connectivity index (χ4v) is 7.56. The molecule has 1 fully saturated rings. The Morgan fingerprint density at radius 1 is 1.12 bits per heavy atom. The highest BCUT2D eigenvalue weighted by molar-refractivity contribution is 7.14. The van der Waals surface area contributed by atoms with Crippen molar-refractivity contribution in [2.75, 3.05) is 24.5 Å². The molecule has 3 rings (SSSR count). The second-order valence-electron chi connectivity index (χ2n) is 12.9. The SMILES string of the molecule is CCC1CC(C)=CC(C)=C(CCC(CC)C(=O)c2csc(N(CC)C3CCN(C(=O)OC(C)(C)C)CC3)c2C)C1=O. The molecule has 7 heteroatoms. The lowest BCUT2D eigenvalue weighted by Crippen LogP contribution is -2.48. The summed E-state index contributed by atoms with van der Waals surface area (Å²) in [6.45, 7) is 20.5. The highest BCUT2D eigenvalue weighted by Gasteiger charge is 2.32. The Kier molecular flexibility index (Phi) is 11.4. The minimum Gasteiger partial charge on any atom is -0.444 e. The molecule has 0 saturated carbocycles. The quantitative estimate of drug-likeness (QED) is 0.258. The van der Waals surface area contributed by atoms with E-state index in [9.17, 15) is 14.4 Å². The molecule has 1 aromatic heterocycles. The van der Waals surface area contributed by atoms with E-state index >= 15 is 0 Å². The number of amides is 1. The predicted octanol–water partition coefficient (Wildman–Crippen LogP) is 8.53. The highest BCUT2D eigenvalue weighted by Crippen LogP contribution is 2.37. The van der Waals surface area contributed by atoms with Crippen LogP contribution in [0.25, 0.3) is 0 Å². The molecule has 2 aliphatic rings. The van der Waals surface area contributed by atoms with Gasteiger partial charge in [0.1, 0.15) is 5.60 Å². The molecule has 0 bridgehead atoms. The van der Waals surface area contributed by atoms with Crippen LogP contribution in [0.15, 0.2) is 28.2 Å². The smallest absolute Gasteiger partial charge is 0.410 e. The van der Waals surface area contributed by atoms with E-state index in [-0.39, 0.29) is 29.5 Å². The molecule has 1 aliphatic carbocycles. The Bertz CT molecular complexity index is 1160. The maximum absolute atomic E-state index is 13.8. The number of allylic oxidation sites excluding steroid dienone is 4. The molecule has 6 nitrogen and oxygen atoms in total. The van der Waals surface area contributed by atoms with Crippen molar-refractivity contribution in [3.8, 4) is 0 Å². The van der Waals surface area contributed by atoms with Gasteiger partial charge in [0, 0.05) is 48.5 Å². The molecule has 0 N–H and O–H groups in total. The molecular formula is C34H52N2O4S. The summed E-state index contributed by atoms with van der Waals surface area (Å²) in [5.74, 6) is 0.407. The maximum atomic E-state index is 13.8. The van der Waals surface area contributed by atoms with Crippen molar-refractivity contribution >= 4 is 34.0 Å². The summed E-state index contributed by atoms with van der Waals surface area (Å²) in [6.07, 6.45) is 7.47. The van der Waals surface area contributed by atoms with Gasteiger partial charge in [0.2, 0.25) is 0 Å². The van der Waals surface area contributed by atoms with Crippen LogP contribution in [0.1, 0.15) is 116 Å². The molecule has 1 amide bonds. The highest BCUT2D eigenvalue weighted by atomic mass is 32.1. The van der Waals surface area contributed by atoms with Gasteiger partial charge in [0.15, 0.2) is 11.6 Å². The molecule has 2 unspecified atom stereocenters. The summed E-state index contributed by atoms with van der Waals surface area (Å²) in [7, 11) is 0. The number of carbonyl (C=O) groups excluding carboxylic acids is 3. The molecule has 1 saturated heterocycles. The van der Waals surface area contributed by atoms with Crippen molar-refractivity contribution in [2.24, 2.45) is 11.8 Å². The standard InChI is InChI=1S/C34H52N2O4S/c1-10-25(13-14-28-23(5)19-22(4)20-26(11-2)31(28)38)30(37)29-21-41-32(24(29)6)36(12-3)27-15-17-35(18-16-27)33(39)40-34(7,8)9/h19,21,25-27H,10-18,20H2,1-9H3. The van der Waals surface area contributed by atoms with Gasteiger partial charge < -0.3 is 14.5 Å². The molecule has 2 atom stereocenters. The van der Waals surface area contributed by atoms with Crippen LogP contribution in [0.5, 0.6) is 0 Å². The Morgan fingerprint density at radius 2 is 1.78 bits per heavy atom. The monoisotopic (exact) mass is 584 g/mol. The summed E-state index contributed by atoms with van der Waals surface area (Å²) in [5.41, 5.74) is 4.63. The third-order valence-electron chi connectivity index (χ3n) is 8.71. The number of thiophene rings is 1. The molecule has 1 aliphatic heterocycles. The first kappa shape index (κ1) is 33.1. The van der Waals surface area contributed by atoms with Crippen molar-refractivity contribution in [3.63, 3.8) is 0 Å². The van der Waals surface area contributed by atoms with Crippen LogP contribution in [-0.2, 0) is 9.53 Å². The van der Waals surface area contributed by atoms with Crippen LogP contribution in [0.3, 0.4) is 0 Å². The summed E-state index contributed by atoms with van der Waals surface area (Å²) in [4.78, 5) is 43.9. The van der Waals surface area contributed by atoms with Crippen molar-refractivity contribution in [1.29, 1.82) is 0 Å². The summed E-state index contributed by atoms with van der Waals surface area (Å²) >= 11 is 1.66. The van der Waals surface area contributed by atoms with Crippen molar-refractivity contribution in [3.05, 3.63) is 39.3 Å². The van der Waals surface area contributed by atoms with Crippen LogP contribution in [0.2, 0.25) is 0 Å². The second kappa shape index (κ2) is 14.2. The van der Waals surface area contributed by atoms with Gasteiger partial charge in [-0.1, -0.05) is 25.5 Å². The average Bonchev–Trinajstić information content (AvgIpc) is 3.24. The largest absolute Gasteiger partial charge is 0.444 e. The fourth-order valence-electron chi connectivity index (χ4n) is 6.33. The van der Waals surface area contributed by atoms with E-state index in [1.54, 1.807) is 11.3 Å². The lowest BCUT2D eigenvalue weighted by atomic mass is 9.85. The van der Waals surface area contributed by atoms with E-state index in [0.29, 0.717) is 32.0 Å². The van der Waals surface area contributed by atoms with Gasteiger partial charge in [-0.3, -0.25) is 9.59 Å². The summed E-state index contributed by atoms with van der Waals surface area (Å²) < 4.78 is 5.57. The second-order valence-corrected chi connectivity index (χ2v) is 13.8. The fraction of sp³-hybridized carbons (Fsp3) is 0.676. The van der Waals surface area contributed by atoms with Gasteiger partial charge in [-0.05, 0) is 110 Å². The molecule has 0 spiro atoms. The number of nitrogens with zero attached hydrogens (tertiary/aromatic N) is 2. The van der Waals surface area contributed by atoms with Gasteiger partial charge in [-0.2, -0.15) is 0 Å². The van der Waals surface area contributed by atoms with Crippen LogP contribution in [0, 0.1) is 18.8 Å². The van der Waals surface area contributed by atoms with Gasteiger partial charge in [-0.15, -0.1) is 11.3 Å². The number of hydrogen-bond acceptors (Lipinski definition) is 6. The number of rotatable bonds is 10. The van der Waals surface area contributed by atoms with Crippen molar-refractivity contribution in [2.45, 2.75) is 119 Å². The van der Waals surface area contributed by atoms with Gasteiger partial charge in [0.25, 0.3) is 0 Å². The Balaban J connectivity index is 1.70. The molecule has 228 valence electrons. The number of carbonyl (C=O) groups is 3. The third-order valence-corrected chi connectivity index (χ3v) is 9.83. The number of likely N-dealkylation sites (tertiary alicyclic amines) is 1. The first-order chi connectivity index (χ1) is 19.3. The topological polar surface area (TPSA) is 66.9 Å². The molecule has 1 aromatic rings. The lowest BCUT2D eigenvalue weighted by Gasteiger charge is -2.39. The van der Waals surface area contributed by atoms with Crippen LogP contribution < -0.4 is 4.90 Å². The number of hydrogen-bond donors (Lipinski definition) is 0. The van der Waals surface area contributed by atoms with E-state index in [1.807, 2.05) is 38.0 Å². The third kappa shape index (κ3) is 8.12. The van der Waals surface area contributed by atoms with Crippen LogP contribution >= 0.6 is 11.3 Å². The summed E-state index contributed by atoms with van der Waals surface area (Å²) in [5, 5.41) is 3.19. The zero-order valence-electron chi connectivity index (χ0n) is 26.9. The molecule has 2 heterocycles. The van der Waals surface area contributed by atoms with E-state index < -0.39 is 5.60 Å². The number of Topliss-reactive ketones (excluding diaryl/α,β-unsaturated/α-hetero) is 2. The van der Waals surface area contributed by atoms with Crippen molar-refractivity contribution in [1.82, 2.24) is 4.90 Å². The number of ether oxygens (including phenoxy) is 1. The maximum Gasteiger partial charge on any atom is 0.410 e. The lowest BCUT2D eigenvalue weighted by molar-refractivity contribution is -0.119. The summed E-state index contributed by atoms with van der Waals surface area (Å²) in [6, 6.07) is 0.320. The van der Waals surface area contributed by atoms with E-state index in [4.69, 9.17) is 4.74 Å². The van der Waals surface area contributed by atoms with Gasteiger partial charge in [0.05, 0.1) is 5.00 Å². The van der Waals surface area contributed by atoms with Crippen LogP contribution in [-0.4, -0.2) is 53.8 Å². The minimum atomic E-state index is -0.494. The first-order valence-electron chi connectivity index (χ1n) is 15.6. The van der Waals surface area contributed by atoms with Crippen LogP contribution in [0.4, 0.5) is 9.80 Å². The van der Waals surface area contributed by atoms with E-state index in [1.165, 1.54) is 5.57 Å². The molecule has 0 radical (unpaired) electrons.